The van der Waals surface area contributed by atoms with E-state index in [1.165, 1.54) is 6.20 Å². The molecule has 2 heterocycles. The molecule has 2 aromatic heterocycles. The second kappa shape index (κ2) is 6.74. The summed E-state index contributed by atoms with van der Waals surface area (Å²) in [6.07, 6.45) is 6.46. The number of pyridine rings is 1. The number of rotatable bonds is 5. The standard InChI is InChI=1S/C17H16N4O2/c1-23-15-4-2-12(3-5-15)16(13-6-8-18-9-7-13)21-17(22)14-10-19-20-11-14/h2-11,16H,1H3,(H,19,20)(H,21,22). The smallest absolute Gasteiger partial charge is 0.255 e. The minimum atomic E-state index is -0.286. The SMILES string of the molecule is COc1ccc(C(NC(=O)c2cn[nH]c2)c2ccncc2)cc1. The van der Waals surface area contributed by atoms with E-state index in [0.717, 1.165) is 16.9 Å². The van der Waals surface area contributed by atoms with Crippen LogP contribution in [0, 0.1) is 0 Å². The Labute approximate surface area is 133 Å². The molecule has 0 fully saturated rings. The minimum Gasteiger partial charge on any atom is -0.497 e. The van der Waals surface area contributed by atoms with Crippen LogP contribution in [0.4, 0.5) is 0 Å². The number of hydrogen-bond acceptors (Lipinski definition) is 4. The summed E-state index contributed by atoms with van der Waals surface area (Å²) in [6.45, 7) is 0. The van der Waals surface area contributed by atoms with Gasteiger partial charge >= 0.3 is 0 Å². The summed E-state index contributed by atoms with van der Waals surface area (Å²) in [5.41, 5.74) is 2.38. The predicted octanol–water partition coefficient (Wildman–Crippen LogP) is 2.33. The van der Waals surface area contributed by atoms with Gasteiger partial charge in [0.25, 0.3) is 5.91 Å². The molecule has 0 saturated heterocycles. The van der Waals surface area contributed by atoms with Crippen molar-refractivity contribution in [3.05, 3.63) is 77.9 Å². The molecule has 0 aliphatic carbocycles. The fourth-order valence-electron chi connectivity index (χ4n) is 2.30. The monoisotopic (exact) mass is 308 g/mol. The first kappa shape index (κ1) is 14.8. The summed E-state index contributed by atoms with van der Waals surface area (Å²) >= 11 is 0. The van der Waals surface area contributed by atoms with Crippen molar-refractivity contribution in [2.75, 3.05) is 7.11 Å². The molecule has 1 amide bonds. The average Bonchev–Trinajstić information content (AvgIpc) is 3.15. The molecule has 3 rings (SSSR count). The Balaban J connectivity index is 1.91. The van der Waals surface area contributed by atoms with Crippen molar-refractivity contribution in [1.29, 1.82) is 0 Å². The molecule has 0 saturated carbocycles. The maximum absolute atomic E-state index is 12.4. The predicted molar refractivity (Wildman–Crippen MR) is 85.1 cm³/mol. The number of carbonyl (C=O) groups excluding carboxylic acids is 1. The van der Waals surface area contributed by atoms with E-state index in [1.807, 2.05) is 36.4 Å². The molecule has 6 nitrogen and oxygen atoms in total. The van der Waals surface area contributed by atoms with E-state index in [4.69, 9.17) is 4.74 Å². The molecule has 0 bridgehead atoms. The third-order valence-corrected chi connectivity index (χ3v) is 3.52. The lowest BCUT2D eigenvalue weighted by Gasteiger charge is -2.19. The van der Waals surface area contributed by atoms with Gasteiger partial charge in [0, 0.05) is 18.6 Å². The number of ether oxygens (including phenoxy) is 1. The van der Waals surface area contributed by atoms with Crippen LogP contribution >= 0.6 is 0 Å². The summed E-state index contributed by atoms with van der Waals surface area (Å²) in [6, 6.07) is 11.1. The van der Waals surface area contributed by atoms with Crippen LogP contribution in [-0.2, 0) is 0 Å². The van der Waals surface area contributed by atoms with Crippen LogP contribution in [0.2, 0.25) is 0 Å². The molecule has 0 aliphatic heterocycles. The van der Waals surface area contributed by atoms with Gasteiger partial charge in [0.05, 0.1) is 24.9 Å². The van der Waals surface area contributed by atoms with E-state index < -0.39 is 0 Å². The van der Waals surface area contributed by atoms with Crippen LogP contribution in [0.1, 0.15) is 27.5 Å². The summed E-state index contributed by atoms with van der Waals surface area (Å²) in [5.74, 6) is 0.569. The summed E-state index contributed by atoms with van der Waals surface area (Å²) < 4.78 is 5.18. The number of amides is 1. The Bertz CT molecular complexity index is 755. The molecular weight excluding hydrogens is 292 g/mol. The number of carbonyl (C=O) groups is 1. The summed E-state index contributed by atoms with van der Waals surface area (Å²) in [4.78, 5) is 16.4. The van der Waals surface area contributed by atoms with Crippen LogP contribution in [0.25, 0.3) is 0 Å². The molecule has 2 N–H and O–H groups in total. The van der Waals surface area contributed by atoms with Gasteiger partial charge < -0.3 is 10.1 Å². The lowest BCUT2D eigenvalue weighted by molar-refractivity contribution is 0.0943. The normalized spacial score (nSPS) is 11.7. The van der Waals surface area contributed by atoms with Gasteiger partial charge in [-0.1, -0.05) is 12.1 Å². The van der Waals surface area contributed by atoms with Crippen LogP contribution in [0.5, 0.6) is 5.75 Å². The first-order valence-corrected chi connectivity index (χ1v) is 7.11. The van der Waals surface area contributed by atoms with Crippen LogP contribution in [0.15, 0.2) is 61.2 Å². The van der Waals surface area contributed by atoms with Gasteiger partial charge in [0.15, 0.2) is 0 Å². The zero-order valence-corrected chi connectivity index (χ0v) is 12.6. The van der Waals surface area contributed by atoms with Crippen molar-refractivity contribution in [2.45, 2.75) is 6.04 Å². The van der Waals surface area contributed by atoms with Gasteiger partial charge in [-0.2, -0.15) is 5.10 Å². The van der Waals surface area contributed by atoms with Gasteiger partial charge in [-0.05, 0) is 35.4 Å². The second-order valence-electron chi connectivity index (χ2n) is 4.95. The quantitative estimate of drug-likeness (QED) is 0.758. The number of hydrogen-bond donors (Lipinski definition) is 2. The molecule has 0 aliphatic rings. The maximum Gasteiger partial charge on any atom is 0.255 e. The first-order valence-electron chi connectivity index (χ1n) is 7.11. The topological polar surface area (TPSA) is 79.9 Å². The van der Waals surface area contributed by atoms with Crippen LogP contribution < -0.4 is 10.1 Å². The fourth-order valence-corrected chi connectivity index (χ4v) is 2.30. The number of aromatic nitrogens is 3. The number of H-pyrrole nitrogens is 1. The average molecular weight is 308 g/mol. The van der Waals surface area contributed by atoms with Gasteiger partial charge in [0.2, 0.25) is 0 Å². The van der Waals surface area contributed by atoms with E-state index in [0.29, 0.717) is 5.56 Å². The third kappa shape index (κ3) is 3.37. The van der Waals surface area contributed by atoms with Crippen molar-refractivity contribution in [2.24, 2.45) is 0 Å². The Morgan fingerprint density at radius 1 is 1.13 bits per heavy atom. The number of methoxy groups -OCH3 is 1. The van der Waals surface area contributed by atoms with Crippen molar-refractivity contribution in [3.63, 3.8) is 0 Å². The van der Waals surface area contributed by atoms with Gasteiger partial charge in [-0.15, -0.1) is 0 Å². The third-order valence-electron chi connectivity index (χ3n) is 3.52. The zero-order chi connectivity index (χ0) is 16.1. The molecule has 6 heteroatoms. The second-order valence-corrected chi connectivity index (χ2v) is 4.95. The summed E-state index contributed by atoms with van der Waals surface area (Å²) in [5, 5.41) is 9.47. The molecule has 23 heavy (non-hydrogen) atoms. The highest BCUT2D eigenvalue weighted by Crippen LogP contribution is 2.24. The van der Waals surface area contributed by atoms with Crippen LogP contribution in [0.3, 0.4) is 0 Å². The molecule has 116 valence electrons. The van der Waals surface area contributed by atoms with E-state index in [-0.39, 0.29) is 11.9 Å². The summed E-state index contributed by atoms with van der Waals surface area (Å²) in [7, 11) is 1.62. The highest BCUT2D eigenvalue weighted by molar-refractivity contribution is 5.94. The van der Waals surface area contributed by atoms with Gasteiger partial charge in [-0.3, -0.25) is 14.9 Å². The van der Waals surface area contributed by atoms with E-state index >= 15 is 0 Å². The molecular formula is C17H16N4O2. The Kier molecular flexibility index (Phi) is 4.33. The molecule has 1 atom stereocenters. The Hall–Kier alpha value is -3.15. The molecule has 0 radical (unpaired) electrons. The Morgan fingerprint density at radius 3 is 2.43 bits per heavy atom. The minimum absolute atomic E-state index is 0.198. The molecule has 3 aromatic rings. The number of nitrogens with zero attached hydrogens (tertiary/aromatic N) is 2. The van der Waals surface area contributed by atoms with Crippen molar-refractivity contribution >= 4 is 5.91 Å². The van der Waals surface area contributed by atoms with Crippen molar-refractivity contribution in [1.82, 2.24) is 20.5 Å². The van der Waals surface area contributed by atoms with Crippen molar-refractivity contribution < 1.29 is 9.53 Å². The lowest BCUT2D eigenvalue weighted by atomic mass is 9.99. The van der Waals surface area contributed by atoms with Crippen molar-refractivity contribution in [3.8, 4) is 5.75 Å². The molecule has 1 aromatic carbocycles. The first-order chi connectivity index (χ1) is 11.3. The number of benzene rings is 1. The fraction of sp³-hybridized carbons (Fsp3) is 0.118. The van der Waals surface area contributed by atoms with Gasteiger partial charge in [-0.25, -0.2) is 0 Å². The molecule has 0 spiro atoms. The number of aromatic amines is 1. The Morgan fingerprint density at radius 2 is 1.83 bits per heavy atom. The van der Waals surface area contributed by atoms with Gasteiger partial charge in [0.1, 0.15) is 5.75 Å². The highest BCUT2D eigenvalue weighted by atomic mass is 16.5. The maximum atomic E-state index is 12.4. The van der Waals surface area contributed by atoms with Crippen LogP contribution in [-0.4, -0.2) is 28.2 Å². The van der Waals surface area contributed by atoms with E-state index in [2.05, 4.69) is 20.5 Å². The van der Waals surface area contributed by atoms with E-state index in [9.17, 15) is 4.79 Å². The number of nitrogens with one attached hydrogen (secondary N) is 2. The zero-order valence-electron chi connectivity index (χ0n) is 12.6. The lowest BCUT2D eigenvalue weighted by Crippen LogP contribution is -2.29. The molecule has 1 unspecified atom stereocenters. The highest BCUT2D eigenvalue weighted by Gasteiger charge is 2.18. The largest absolute Gasteiger partial charge is 0.497 e. The van der Waals surface area contributed by atoms with E-state index in [1.54, 1.807) is 25.7 Å².